The average Bonchev–Trinajstić information content (AvgIpc) is 1.99. The summed E-state index contributed by atoms with van der Waals surface area (Å²) < 4.78 is 1.83. The minimum Gasteiger partial charge on any atom is -0.411 e. The van der Waals surface area contributed by atoms with E-state index in [1.807, 2.05) is 18.2 Å². The Hall–Kier alpha value is -0.350. The third-order valence-electron chi connectivity index (χ3n) is 1.18. The molecule has 0 atom stereocenters. The molecule has 0 aromatic heterocycles. The predicted octanol–water partition coefficient (Wildman–Crippen LogP) is 3.02. The lowest BCUT2D eigenvalue weighted by Gasteiger charge is -1.97. The minimum absolute atomic E-state index is 0.835. The van der Waals surface area contributed by atoms with Crippen molar-refractivity contribution in [2.75, 3.05) is 0 Å². The van der Waals surface area contributed by atoms with Crippen molar-refractivity contribution < 1.29 is 5.21 Å². The van der Waals surface area contributed by atoms with Gasteiger partial charge >= 0.3 is 0 Å². The van der Waals surface area contributed by atoms with E-state index in [2.05, 4.69) is 37.0 Å². The molecular weight excluding hydrogens is 274 g/mol. The fourth-order valence-corrected chi connectivity index (χ4v) is 1.43. The molecule has 0 bridgehead atoms. The summed E-state index contributed by atoms with van der Waals surface area (Å²) >= 11 is 6.66. The second-order valence-electron chi connectivity index (χ2n) is 1.89. The Morgan fingerprint density at radius 1 is 1.36 bits per heavy atom. The van der Waals surface area contributed by atoms with Crippen molar-refractivity contribution in [1.29, 1.82) is 0 Å². The molecule has 0 radical (unpaired) electrons. The molecule has 58 valence electrons. The van der Waals surface area contributed by atoms with E-state index in [4.69, 9.17) is 5.21 Å². The molecule has 0 aliphatic heterocycles. The van der Waals surface area contributed by atoms with Crippen LogP contribution in [0.2, 0.25) is 0 Å². The van der Waals surface area contributed by atoms with Crippen molar-refractivity contribution in [3.8, 4) is 0 Å². The molecule has 0 aliphatic rings. The maximum absolute atomic E-state index is 8.27. The summed E-state index contributed by atoms with van der Waals surface area (Å²) in [5.41, 5.74) is 0.835. The van der Waals surface area contributed by atoms with Crippen LogP contribution in [0.15, 0.2) is 32.3 Å². The van der Waals surface area contributed by atoms with Crippen molar-refractivity contribution in [2.45, 2.75) is 0 Å². The quantitative estimate of drug-likeness (QED) is 0.478. The number of rotatable bonds is 1. The van der Waals surface area contributed by atoms with Crippen molar-refractivity contribution in [3.05, 3.63) is 32.7 Å². The largest absolute Gasteiger partial charge is 0.411 e. The number of benzene rings is 1. The van der Waals surface area contributed by atoms with E-state index < -0.39 is 0 Å². The lowest BCUT2D eigenvalue weighted by atomic mass is 10.2. The first-order valence-corrected chi connectivity index (χ1v) is 4.45. The highest BCUT2D eigenvalue weighted by molar-refractivity contribution is 9.13. The van der Waals surface area contributed by atoms with E-state index in [1.54, 1.807) is 0 Å². The molecule has 0 spiro atoms. The summed E-state index contributed by atoms with van der Waals surface area (Å²) in [5.74, 6) is 0. The van der Waals surface area contributed by atoms with Gasteiger partial charge in [0.2, 0.25) is 0 Å². The van der Waals surface area contributed by atoms with E-state index in [1.165, 1.54) is 6.21 Å². The molecule has 0 amide bonds. The van der Waals surface area contributed by atoms with Crippen LogP contribution in [-0.4, -0.2) is 11.4 Å². The second kappa shape index (κ2) is 3.88. The number of hydrogen-bond acceptors (Lipinski definition) is 2. The first kappa shape index (κ1) is 8.74. The van der Waals surface area contributed by atoms with E-state index >= 15 is 0 Å². The van der Waals surface area contributed by atoms with Crippen LogP contribution in [0.25, 0.3) is 0 Å². The van der Waals surface area contributed by atoms with Gasteiger partial charge in [0, 0.05) is 14.5 Å². The second-order valence-corrected chi connectivity index (χ2v) is 3.53. The molecule has 0 aliphatic carbocycles. The zero-order valence-corrected chi connectivity index (χ0v) is 8.63. The normalized spacial score (nSPS) is 10.7. The van der Waals surface area contributed by atoms with E-state index in [0.717, 1.165) is 14.5 Å². The zero-order valence-electron chi connectivity index (χ0n) is 5.46. The molecule has 2 nitrogen and oxygen atoms in total. The third kappa shape index (κ3) is 2.04. The highest BCUT2D eigenvalue weighted by atomic mass is 79.9. The fraction of sp³-hybridized carbons (Fsp3) is 0. The van der Waals surface area contributed by atoms with Crippen molar-refractivity contribution >= 4 is 38.1 Å². The Labute approximate surface area is 81.2 Å². The van der Waals surface area contributed by atoms with Crippen LogP contribution in [0.3, 0.4) is 0 Å². The van der Waals surface area contributed by atoms with Gasteiger partial charge in [-0.05, 0) is 37.9 Å². The Balaban J connectivity index is 3.16. The molecule has 1 rings (SSSR count). The molecule has 1 aromatic carbocycles. The SMILES string of the molecule is ON=Cc1cccc(Br)c1Br. The molecule has 0 unspecified atom stereocenters. The van der Waals surface area contributed by atoms with Gasteiger partial charge in [-0.25, -0.2) is 0 Å². The molecule has 0 heterocycles. The lowest BCUT2D eigenvalue weighted by Crippen LogP contribution is -1.83. The van der Waals surface area contributed by atoms with Crippen LogP contribution in [0.5, 0.6) is 0 Å². The van der Waals surface area contributed by atoms with Gasteiger partial charge in [-0.15, -0.1) is 0 Å². The monoisotopic (exact) mass is 277 g/mol. The van der Waals surface area contributed by atoms with Gasteiger partial charge in [0.25, 0.3) is 0 Å². The first-order valence-electron chi connectivity index (χ1n) is 2.87. The summed E-state index contributed by atoms with van der Waals surface area (Å²) in [6.07, 6.45) is 1.37. The minimum atomic E-state index is 0.835. The topological polar surface area (TPSA) is 32.6 Å². The molecule has 1 N–H and O–H groups in total. The van der Waals surface area contributed by atoms with Gasteiger partial charge in [-0.3, -0.25) is 0 Å². The molecule has 1 aromatic rings. The maximum Gasteiger partial charge on any atom is 0.0745 e. The lowest BCUT2D eigenvalue weighted by molar-refractivity contribution is 0.322. The van der Waals surface area contributed by atoms with E-state index in [9.17, 15) is 0 Å². The fourth-order valence-electron chi connectivity index (χ4n) is 0.682. The third-order valence-corrected chi connectivity index (χ3v) is 3.26. The van der Waals surface area contributed by atoms with Crippen LogP contribution < -0.4 is 0 Å². The molecule has 4 heteroatoms. The number of hydrogen-bond donors (Lipinski definition) is 1. The van der Waals surface area contributed by atoms with Crippen LogP contribution in [0, 0.1) is 0 Å². The highest BCUT2D eigenvalue weighted by Crippen LogP contribution is 2.25. The summed E-state index contributed by atoms with van der Waals surface area (Å²) in [4.78, 5) is 0. The van der Waals surface area contributed by atoms with E-state index in [-0.39, 0.29) is 0 Å². The number of halogens is 2. The predicted molar refractivity (Wildman–Crippen MR) is 51.2 cm³/mol. The molecule has 0 saturated carbocycles. The Morgan fingerprint density at radius 3 is 2.73 bits per heavy atom. The van der Waals surface area contributed by atoms with Gasteiger partial charge in [-0.1, -0.05) is 17.3 Å². The van der Waals surface area contributed by atoms with Crippen molar-refractivity contribution in [1.82, 2.24) is 0 Å². The van der Waals surface area contributed by atoms with Gasteiger partial charge in [-0.2, -0.15) is 0 Å². The van der Waals surface area contributed by atoms with Crippen LogP contribution >= 0.6 is 31.9 Å². The molecule has 0 saturated heterocycles. The molecule has 0 fully saturated rings. The molecular formula is C7H5Br2NO. The zero-order chi connectivity index (χ0) is 8.27. The summed E-state index contributed by atoms with van der Waals surface area (Å²) in [6, 6.07) is 5.61. The van der Waals surface area contributed by atoms with Gasteiger partial charge in [0.1, 0.15) is 0 Å². The number of nitrogens with zero attached hydrogens (tertiary/aromatic N) is 1. The molecule has 11 heavy (non-hydrogen) atoms. The Morgan fingerprint density at radius 2 is 2.09 bits per heavy atom. The van der Waals surface area contributed by atoms with Crippen molar-refractivity contribution in [3.63, 3.8) is 0 Å². The smallest absolute Gasteiger partial charge is 0.0745 e. The van der Waals surface area contributed by atoms with Gasteiger partial charge < -0.3 is 5.21 Å². The van der Waals surface area contributed by atoms with Crippen molar-refractivity contribution in [2.24, 2.45) is 5.16 Å². The summed E-state index contributed by atoms with van der Waals surface area (Å²) in [7, 11) is 0. The summed E-state index contributed by atoms with van der Waals surface area (Å²) in [6.45, 7) is 0. The average molecular weight is 279 g/mol. The van der Waals surface area contributed by atoms with Crippen LogP contribution in [0.1, 0.15) is 5.56 Å². The van der Waals surface area contributed by atoms with Crippen LogP contribution in [-0.2, 0) is 0 Å². The van der Waals surface area contributed by atoms with Gasteiger partial charge in [0.15, 0.2) is 0 Å². The highest BCUT2D eigenvalue weighted by Gasteiger charge is 1.99. The van der Waals surface area contributed by atoms with Crippen LogP contribution in [0.4, 0.5) is 0 Å². The van der Waals surface area contributed by atoms with Gasteiger partial charge in [0.05, 0.1) is 6.21 Å². The Kier molecular flexibility index (Phi) is 3.08. The maximum atomic E-state index is 8.27. The first-order chi connectivity index (χ1) is 5.25. The summed E-state index contributed by atoms with van der Waals surface area (Å²) in [5, 5.41) is 11.2. The Bertz CT molecular complexity index is 286. The standard InChI is InChI=1S/C7H5Br2NO/c8-6-3-1-2-5(4-10-11)7(6)9/h1-4,11H. The number of oxime groups is 1. The van der Waals surface area contributed by atoms with E-state index in [0.29, 0.717) is 0 Å².